The topological polar surface area (TPSA) is 98.7 Å². The van der Waals surface area contributed by atoms with E-state index >= 15 is 0 Å². The van der Waals surface area contributed by atoms with Gasteiger partial charge in [0.05, 0.1) is 12.0 Å². The van der Waals surface area contributed by atoms with Crippen molar-refractivity contribution in [3.8, 4) is 5.75 Å². The summed E-state index contributed by atoms with van der Waals surface area (Å²) in [6.45, 7) is 0.553. The number of hydrogen-bond donors (Lipinski definition) is 3. The van der Waals surface area contributed by atoms with E-state index in [2.05, 4.69) is 10.6 Å². The standard InChI is InChI=1S/C14H16ClN3O4/c1-16-12(20)7-10-13(21)17-4-5-18(10)14(22)9-3-2-8(15)6-11(9)19/h2-3,6,10,19H,4-5,7H2,1H3,(H,16,20)(H,17,21). The summed E-state index contributed by atoms with van der Waals surface area (Å²) in [5.74, 6) is -1.52. The van der Waals surface area contributed by atoms with Crippen molar-refractivity contribution in [2.75, 3.05) is 20.1 Å². The number of phenolic OH excluding ortho intramolecular Hbond substituents is 1. The molecule has 1 aliphatic heterocycles. The summed E-state index contributed by atoms with van der Waals surface area (Å²) in [5, 5.41) is 15.2. The van der Waals surface area contributed by atoms with Gasteiger partial charge in [-0.15, -0.1) is 0 Å². The molecular weight excluding hydrogens is 310 g/mol. The van der Waals surface area contributed by atoms with Gasteiger partial charge in [0.15, 0.2) is 0 Å². The minimum absolute atomic E-state index is 0.0426. The Morgan fingerprint density at radius 3 is 2.86 bits per heavy atom. The zero-order valence-electron chi connectivity index (χ0n) is 11.9. The van der Waals surface area contributed by atoms with Gasteiger partial charge in [-0.2, -0.15) is 0 Å². The Bertz CT molecular complexity index is 620. The second kappa shape index (κ2) is 6.65. The number of carbonyl (C=O) groups excluding carboxylic acids is 3. The van der Waals surface area contributed by atoms with Gasteiger partial charge in [-0.1, -0.05) is 11.6 Å². The number of nitrogens with one attached hydrogen (secondary N) is 2. The van der Waals surface area contributed by atoms with E-state index in [1.165, 1.54) is 30.1 Å². The van der Waals surface area contributed by atoms with Crippen molar-refractivity contribution in [2.24, 2.45) is 0 Å². The first-order valence-electron chi connectivity index (χ1n) is 6.72. The van der Waals surface area contributed by atoms with Gasteiger partial charge < -0.3 is 20.6 Å². The summed E-state index contributed by atoms with van der Waals surface area (Å²) in [6.07, 6.45) is -0.136. The fraction of sp³-hybridized carbons (Fsp3) is 0.357. The summed E-state index contributed by atoms with van der Waals surface area (Å²) >= 11 is 5.74. The zero-order valence-corrected chi connectivity index (χ0v) is 12.7. The minimum Gasteiger partial charge on any atom is -0.507 e. The number of benzene rings is 1. The smallest absolute Gasteiger partial charge is 0.258 e. The number of aromatic hydroxyl groups is 1. The second-order valence-corrected chi connectivity index (χ2v) is 5.28. The zero-order chi connectivity index (χ0) is 16.3. The summed E-state index contributed by atoms with van der Waals surface area (Å²) in [7, 11) is 1.46. The number of phenols is 1. The van der Waals surface area contributed by atoms with Crippen LogP contribution in [0.4, 0.5) is 0 Å². The molecule has 1 unspecified atom stereocenters. The lowest BCUT2D eigenvalue weighted by atomic mass is 10.1. The van der Waals surface area contributed by atoms with Crippen LogP contribution in [0.3, 0.4) is 0 Å². The van der Waals surface area contributed by atoms with Crippen LogP contribution in [-0.2, 0) is 9.59 Å². The van der Waals surface area contributed by atoms with Crippen molar-refractivity contribution in [1.29, 1.82) is 0 Å². The highest BCUT2D eigenvalue weighted by Crippen LogP contribution is 2.24. The van der Waals surface area contributed by atoms with Crippen molar-refractivity contribution in [1.82, 2.24) is 15.5 Å². The van der Waals surface area contributed by atoms with Crippen LogP contribution in [0.1, 0.15) is 16.8 Å². The Morgan fingerprint density at radius 1 is 1.50 bits per heavy atom. The molecule has 8 heteroatoms. The third-order valence-corrected chi connectivity index (χ3v) is 3.67. The number of halogens is 1. The molecule has 22 heavy (non-hydrogen) atoms. The molecule has 2 rings (SSSR count). The van der Waals surface area contributed by atoms with Gasteiger partial charge >= 0.3 is 0 Å². The van der Waals surface area contributed by atoms with Gasteiger partial charge in [0, 0.05) is 25.2 Å². The predicted octanol–water partition coefficient (Wildman–Crippen LogP) is 0.122. The molecule has 3 amide bonds. The maximum absolute atomic E-state index is 12.6. The van der Waals surface area contributed by atoms with E-state index < -0.39 is 17.9 Å². The van der Waals surface area contributed by atoms with Gasteiger partial charge in [-0.3, -0.25) is 14.4 Å². The van der Waals surface area contributed by atoms with Crippen LogP contribution in [0.5, 0.6) is 5.75 Å². The fourth-order valence-electron chi connectivity index (χ4n) is 2.28. The van der Waals surface area contributed by atoms with Crippen LogP contribution in [0.2, 0.25) is 5.02 Å². The van der Waals surface area contributed by atoms with Crippen LogP contribution < -0.4 is 10.6 Å². The Kier molecular flexibility index (Phi) is 4.87. The number of piperazine rings is 1. The lowest BCUT2D eigenvalue weighted by molar-refractivity contribution is -0.132. The minimum atomic E-state index is -0.906. The average molecular weight is 326 g/mol. The van der Waals surface area contributed by atoms with Crippen LogP contribution in [0, 0.1) is 0 Å². The molecular formula is C14H16ClN3O4. The van der Waals surface area contributed by atoms with E-state index in [4.69, 9.17) is 11.6 Å². The van der Waals surface area contributed by atoms with Gasteiger partial charge in [0.1, 0.15) is 11.8 Å². The molecule has 1 aliphatic rings. The largest absolute Gasteiger partial charge is 0.507 e. The predicted molar refractivity (Wildman–Crippen MR) is 79.6 cm³/mol. The Labute approximate surface area is 132 Å². The molecule has 1 atom stereocenters. The molecule has 0 radical (unpaired) electrons. The van der Waals surface area contributed by atoms with Crippen molar-refractivity contribution in [3.63, 3.8) is 0 Å². The first-order chi connectivity index (χ1) is 10.4. The van der Waals surface area contributed by atoms with E-state index in [1.54, 1.807) is 0 Å². The maximum Gasteiger partial charge on any atom is 0.258 e. The van der Waals surface area contributed by atoms with Crippen LogP contribution in [0.15, 0.2) is 18.2 Å². The summed E-state index contributed by atoms with van der Waals surface area (Å²) in [6, 6.07) is 3.22. The molecule has 0 aliphatic carbocycles. The molecule has 1 heterocycles. The SMILES string of the molecule is CNC(=O)CC1C(=O)NCCN1C(=O)c1ccc(Cl)cc1O. The van der Waals surface area contributed by atoms with E-state index in [9.17, 15) is 19.5 Å². The van der Waals surface area contributed by atoms with E-state index in [0.29, 0.717) is 11.6 Å². The van der Waals surface area contributed by atoms with E-state index in [-0.39, 0.29) is 30.2 Å². The van der Waals surface area contributed by atoms with Crippen LogP contribution in [0.25, 0.3) is 0 Å². The first-order valence-corrected chi connectivity index (χ1v) is 7.09. The number of carbonyl (C=O) groups is 3. The van der Waals surface area contributed by atoms with E-state index in [1.807, 2.05) is 0 Å². The Hall–Kier alpha value is -2.28. The maximum atomic E-state index is 12.6. The molecule has 1 aromatic carbocycles. The second-order valence-electron chi connectivity index (χ2n) is 4.84. The third kappa shape index (κ3) is 3.30. The summed E-state index contributed by atoms with van der Waals surface area (Å²) in [4.78, 5) is 37.4. The molecule has 0 aromatic heterocycles. The normalized spacial score (nSPS) is 17.8. The molecule has 3 N–H and O–H groups in total. The van der Waals surface area contributed by atoms with Gasteiger partial charge in [-0.25, -0.2) is 0 Å². The fourth-order valence-corrected chi connectivity index (χ4v) is 2.45. The van der Waals surface area contributed by atoms with Gasteiger partial charge in [0.2, 0.25) is 11.8 Å². The monoisotopic (exact) mass is 325 g/mol. The van der Waals surface area contributed by atoms with Crippen molar-refractivity contribution >= 4 is 29.3 Å². The lowest BCUT2D eigenvalue weighted by Gasteiger charge is -2.34. The number of rotatable bonds is 3. The molecule has 1 aromatic rings. The Morgan fingerprint density at radius 2 is 2.23 bits per heavy atom. The number of nitrogens with zero attached hydrogens (tertiary/aromatic N) is 1. The molecule has 0 bridgehead atoms. The first kappa shape index (κ1) is 16.1. The molecule has 0 spiro atoms. The van der Waals surface area contributed by atoms with E-state index in [0.717, 1.165) is 0 Å². The highest BCUT2D eigenvalue weighted by atomic mass is 35.5. The van der Waals surface area contributed by atoms with Crippen molar-refractivity contribution in [2.45, 2.75) is 12.5 Å². The molecule has 1 fully saturated rings. The van der Waals surface area contributed by atoms with Crippen molar-refractivity contribution in [3.05, 3.63) is 28.8 Å². The lowest BCUT2D eigenvalue weighted by Crippen LogP contribution is -2.58. The quantitative estimate of drug-likeness (QED) is 0.735. The molecule has 7 nitrogen and oxygen atoms in total. The third-order valence-electron chi connectivity index (χ3n) is 3.44. The molecule has 0 saturated carbocycles. The Balaban J connectivity index is 2.28. The summed E-state index contributed by atoms with van der Waals surface area (Å²) in [5.41, 5.74) is 0.0426. The average Bonchev–Trinajstić information content (AvgIpc) is 2.48. The van der Waals surface area contributed by atoms with Gasteiger partial charge in [-0.05, 0) is 18.2 Å². The van der Waals surface area contributed by atoms with Gasteiger partial charge in [0.25, 0.3) is 5.91 Å². The molecule has 1 saturated heterocycles. The highest BCUT2D eigenvalue weighted by molar-refractivity contribution is 6.30. The number of hydrogen-bond acceptors (Lipinski definition) is 4. The summed E-state index contributed by atoms with van der Waals surface area (Å²) < 4.78 is 0. The van der Waals surface area contributed by atoms with Crippen LogP contribution in [-0.4, -0.2) is 53.9 Å². The number of amides is 3. The van der Waals surface area contributed by atoms with Crippen LogP contribution >= 0.6 is 11.6 Å². The van der Waals surface area contributed by atoms with Crippen molar-refractivity contribution < 1.29 is 19.5 Å². The highest BCUT2D eigenvalue weighted by Gasteiger charge is 2.35. The molecule has 118 valence electrons.